The van der Waals surface area contributed by atoms with E-state index in [1.165, 1.54) is 32.1 Å². The fourth-order valence-electron chi connectivity index (χ4n) is 4.12. The molecule has 27 heavy (non-hydrogen) atoms. The van der Waals surface area contributed by atoms with Gasteiger partial charge in [0.1, 0.15) is 5.52 Å². The summed E-state index contributed by atoms with van der Waals surface area (Å²) in [5.41, 5.74) is 4.87. The molecular formula is C20H29N7. The SMILES string of the molecule is CCCNc1nc(-c2c(C)nn(C)c2C)nc2c1ncn2C1CCCCC1. The lowest BCUT2D eigenvalue weighted by Gasteiger charge is -2.23. The molecule has 3 heterocycles. The fourth-order valence-corrected chi connectivity index (χ4v) is 4.12. The van der Waals surface area contributed by atoms with Crippen molar-refractivity contribution in [1.29, 1.82) is 0 Å². The first-order chi connectivity index (χ1) is 13.1. The van der Waals surface area contributed by atoms with E-state index in [2.05, 4.69) is 33.8 Å². The van der Waals surface area contributed by atoms with Crippen LogP contribution in [-0.4, -0.2) is 35.8 Å². The van der Waals surface area contributed by atoms with E-state index in [9.17, 15) is 0 Å². The van der Waals surface area contributed by atoms with Crippen LogP contribution >= 0.6 is 0 Å². The van der Waals surface area contributed by atoms with E-state index in [1.807, 2.05) is 25.0 Å². The molecule has 0 atom stereocenters. The number of rotatable bonds is 5. The standard InChI is InChI=1S/C20H29N7/c1-5-11-21-19-17-20(27(12-22-17)15-9-7-6-8-10-15)24-18(23-19)16-13(2)25-26(4)14(16)3/h12,15H,5-11H2,1-4H3,(H,21,23,24). The Kier molecular flexibility index (Phi) is 4.85. The highest BCUT2D eigenvalue weighted by Crippen LogP contribution is 2.33. The van der Waals surface area contributed by atoms with E-state index in [0.29, 0.717) is 6.04 Å². The van der Waals surface area contributed by atoms with Crippen molar-refractivity contribution in [1.82, 2.24) is 29.3 Å². The Bertz CT molecular complexity index is 947. The predicted octanol–water partition coefficient (Wildman–Crippen LogP) is 4.17. The van der Waals surface area contributed by atoms with Gasteiger partial charge in [-0.15, -0.1) is 0 Å². The van der Waals surface area contributed by atoms with E-state index >= 15 is 0 Å². The van der Waals surface area contributed by atoms with Crippen LogP contribution in [0.2, 0.25) is 0 Å². The van der Waals surface area contributed by atoms with Gasteiger partial charge in [-0.2, -0.15) is 5.10 Å². The molecule has 1 N–H and O–H groups in total. The third-order valence-electron chi connectivity index (χ3n) is 5.66. The fraction of sp³-hybridized carbons (Fsp3) is 0.600. The Balaban J connectivity index is 1.88. The van der Waals surface area contributed by atoms with Crippen LogP contribution in [0.4, 0.5) is 5.82 Å². The van der Waals surface area contributed by atoms with Crippen LogP contribution in [0.1, 0.15) is 62.9 Å². The predicted molar refractivity (Wildman–Crippen MR) is 108 cm³/mol. The minimum Gasteiger partial charge on any atom is -0.368 e. The number of fused-ring (bicyclic) bond motifs is 1. The molecule has 4 rings (SSSR count). The van der Waals surface area contributed by atoms with Crippen molar-refractivity contribution in [3.63, 3.8) is 0 Å². The molecule has 1 saturated carbocycles. The zero-order chi connectivity index (χ0) is 19.0. The van der Waals surface area contributed by atoms with Gasteiger partial charge in [0.15, 0.2) is 17.3 Å². The number of nitrogens with one attached hydrogen (secondary N) is 1. The van der Waals surface area contributed by atoms with Gasteiger partial charge in [0.2, 0.25) is 0 Å². The van der Waals surface area contributed by atoms with Gasteiger partial charge in [0.05, 0.1) is 17.6 Å². The first-order valence-electron chi connectivity index (χ1n) is 10.1. The summed E-state index contributed by atoms with van der Waals surface area (Å²) >= 11 is 0. The van der Waals surface area contributed by atoms with Crippen LogP contribution in [-0.2, 0) is 7.05 Å². The van der Waals surface area contributed by atoms with Gasteiger partial charge >= 0.3 is 0 Å². The van der Waals surface area contributed by atoms with Crippen LogP contribution < -0.4 is 5.32 Å². The van der Waals surface area contributed by atoms with Crippen molar-refractivity contribution in [2.24, 2.45) is 7.05 Å². The normalized spacial score (nSPS) is 15.6. The van der Waals surface area contributed by atoms with Crippen LogP contribution in [0.25, 0.3) is 22.6 Å². The zero-order valence-corrected chi connectivity index (χ0v) is 16.8. The minimum absolute atomic E-state index is 0.488. The summed E-state index contributed by atoms with van der Waals surface area (Å²) in [6.07, 6.45) is 9.30. The number of hydrogen-bond donors (Lipinski definition) is 1. The number of imidazole rings is 1. The second kappa shape index (κ2) is 7.29. The summed E-state index contributed by atoms with van der Waals surface area (Å²) in [5, 5.41) is 8.01. The Morgan fingerprint density at radius 1 is 1.15 bits per heavy atom. The summed E-state index contributed by atoms with van der Waals surface area (Å²) in [6.45, 7) is 7.11. The van der Waals surface area contributed by atoms with Gasteiger partial charge in [0.25, 0.3) is 0 Å². The third-order valence-corrected chi connectivity index (χ3v) is 5.66. The maximum atomic E-state index is 4.98. The smallest absolute Gasteiger partial charge is 0.167 e. The van der Waals surface area contributed by atoms with Gasteiger partial charge in [-0.25, -0.2) is 15.0 Å². The molecule has 0 aromatic carbocycles. The van der Waals surface area contributed by atoms with E-state index in [-0.39, 0.29) is 0 Å². The molecule has 0 spiro atoms. The topological polar surface area (TPSA) is 73.5 Å². The quantitative estimate of drug-likeness (QED) is 0.732. The zero-order valence-electron chi connectivity index (χ0n) is 16.8. The molecule has 7 nitrogen and oxygen atoms in total. The van der Waals surface area contributed by atoms with Crippen LogP contribution in [0.5, 0.6) is 0 Å². The molecule has 144 valence electrons. The summed E-state index contributed by atoms with van der Waals surface area (Å²) in [4.78, 5) is 14.5. The number of aromatic nitrogens is 6. The first-order valence-corrected chi connectivity index (χ1v) is 10.1. The number of nitrogens with zero attached hydrogens (tertiary/aromatic N) is 6. The Morgan fingerprint density at radius 2 is 1.93 bits per heavy atom. The lowest BCUT2D eigenvalue weighted by molar-refractivity contribution is 0.358. The van der Waals surface area contributed by atoms with E-state index in [1.54, 1.807) is 0 Å². The molecule has 3 aromatic rings. The van der Waals surface area contributed by atoms with Crippen LogP contribution in [0, 0.1) is 13.8 Å². The van der Waals surface area contributed by atoms with Gasteiger partial charge in [-0.05, 0) is 33.1 Å². The van der Waals surface area contributed by atoms with E-state index in [0.717, 1.165) is 52.7 Å². The van der Waals surface area contributed by atoms with Crippen molar-refractivity contribution in [3.8, 4) is 11.4 Å². The van der Waals surface area contributed by atoms with Crippen LogP contribution in [0.15, 0.2) is 6.33 Å². The second-order valence-corrected chi connectivity index (χ2v) is 7.61. The maximum absolute atomic E-state index is 4.98. The third kappa shape index (κ3) is 3.19. The molecule has 3 aromatic heterocycles. The Hall–Kier alpha value is -2.44. The molecule has 1 fully saturated rings. The average Bonchev–Trinajstić information content (AvgIpc) is 3.21. The Labute approximate surface area is 160 Å². The lowest BCUT2D eigenvalue weighted by Crippen LogP contribution is -2.13. The molecule has 0 unspecified atom stereocenters. The van der Waals surface area contributed by atoms with Gasteiger partial charge in [-0.1, -0.05) is 26.2 Å². The summed E-state index contributed by atoms with van der Waals surface area (Å²) in [7, 11) is 1.97. The molecule has 0 saturated heterocycles. The lowest BCUT2D eigenvalue weighted by atomic mass is 9.95. The molecule has 1 aliphatic rings. The molecular weight excluding hydrogens is 338 g/mol. The minimum atomic E-state index is 0.488. The highest BCUT2D eigenvalue weighted by molar-refractivity contribution is 5.85. The monoisotopic (exact) mass is 367 g/mol. The molecule has 7 heteroatoms. The first kappa shape index (κ1) is 17.9. The molecule has 0 bridgehead atoms. The maximum Gasteiger partial charge on any atom is 0.167 e. The second-order valence-electron chi connectivity index (χ2n) is 7.61. The van der Waals surface area contributed by atoms with Crippen molar-refractivity contribution in [2.45, 2.75) is 65.3 Å². The van der Waals surface area contributed by atoms with E-state index in [4.69, 9.17) is 9.97 Å². The summed E-state index contributed by atoms with van der Waals surface area (Å²) in [5.74, 6) is 1.57. The van der Waals surface area contributed by atoms with Crippen molar-refractivity contribution < 1.29 is 0 Å². The van der Waals surface area contributed by atoms with Crippen molar-refractivity contribution in [3.05, 3.63) is 17.7 Å². The highest BCUT2D eigenvalue weighted by Gasteiger charge is 2.23. The van der Waals surface area contributed by atoms with Crippen LogP contribution in [0.3, 0.4) is 0 Å². The summed E-state index contributed by atoms with van der Waals surface area (Å²) in [6, 6.07) is 0.488. The number of anilines is 1. The van der Waals surface area contributed by atoms with Gasteiger partial charge < -0.3 is 9.88 Å². The molecule has 1 aliphatic carbocycles. The molecule has 0 amide bonds. The number of aryl methyl sites for hydroxylation is 2. The molecule has 0 radical (unpaired) electrons. The molecule has 0 aliphatic heterocycles. The van der Waals surface area contributed by atoms with Crippen molar-refractivity contribution >= 4 is 17.0 Å². The van der Waals surface area contributed by atoms with Gasteiger partial charge in [-0.3, -0.25) is 4.68 Å². The number of hydrogen-bond acceptors (Lipinski definition) is 5. The largest absolute Gasteiger partial charge is 0.368 e. The average molecular weight is 368 g/mol. The van der Waals surface area contributed by atoms with Gasteiger partial charge in [0, 0.05) is 25.3 Å². The highest BCUT2D eigenvalue weighted by atomic mass is 15.3. The summed E-state index contributed by atoms with van der Waals surface area (Å²) < 4.78 is 4.17. The van der Waals surface area contributed by atoms with Crippen molar-refractivity contribution in [2.75, 3.05) is 11.9 Å². The Morgan fingerprint density at radius 3 is 2.59 bits per heavy atom. The van der Waals surface area contributed by atoms with E-state index < -0.39 is 0 Å².